The van der Waals surface area contributed by atoms with Crippen molar-refractivity contribution in [1.29, 1.82) is 0 Å². The van der Waals surface area contributed by atoms with E-state index in [1.165, 1.54) is 48.7 Å². The number of morpholine rings is 1. The van der Waals surface area contributed by atoms with Crippen molar-refractivity contribution in [1.82, 2.24) is 14.9 Å². The van der Waals surface area contributed by atoms with Gasteiger partial charge in [-0.3, -0.25) is 0 Å². The average molecular weight is 414 g/mol. The zero-order valence-electron chi connectivity index (χ0n) is 17.8. The second kappa shape index (κ2) is 7.58. The van der Waals surface area contributed by atoms with Crippen LogP contribution in [0.2, 0.25) is 0 Å². The maximum Gasteiger partial charge on any atom is 0.226 e. The number of allylic oxidation sites excluding steroid dienone is 2. The molecule has 0 saturated carbocycles. The van der Waals surface area contributed by atoms with Gasteiger partial charge >= 0.3 is 0 Å². The molecule has 0 spiro atoms. The van der Waals surface area contributed by atoms with Crippen LogP contribution in [0.5, 0.6) is 0 Å². The van der Waals surface area contributed by atoms with E-state index in [1.54, 1.807) is 0 Å². The summed E-state index contributed by atoms with van der Waals surface area (Å²) in [6.07, 6.45) is 6.11. The number of fused-ring (bicyclic) bond motifs is 2. The monoisotopic (exact) mass is 413 g/mol. The first-order chi connectivity index (χ1) is 14.0. The summed E-state index contributed by atoms with van der Waals surface area (Å²) in [6, 6.07) is 0. The SMILES string of the molecule is Cc1nc(N2CCOCC2)nc2c1N=C1CC(C)(C)CC(N3CCCCC3)=C1S2. The Balaban J connectivity index is 1.55. The number of hydrogen-bond acceptors (Lipinski definition) is 7. The molecule has 156 valence electrons. The largest absolute Gasteiger partial charge is 0.378 e. The first kappa shape index (κ1) is 19.4. The van der Waals surface area contributed by atoms with Crippen LogP contribution in [0, 0.1) is 12.3 Å². The van der Waals surface area contributed by atoms with Crippen LogP contribution < -0.4 is 4.90 Å². The smallest absolute Gasteiger partial charge is 0.226 e. The van der Waals surface area contributed by atoms with Gasteiger partial charge in [-0.25, -0.2) is 15.0 Å². The van der Waals surface area contributed by atoms with Crippen LogP contribution in [-0.4, -0.2) is 60.0 Å². The van der Waals surface area contributed by atoms with E-state index in [1.807, 2.05) is 11.8 Å². The Morgan fingerprint density at radius 1 is 0.931 bits per heavy atom. The number of ether oxygens (including phenoxy) is 1. The summed E-state index contributed by atoms with van der Waals surface area (Å²) in [5.41, 5.74) is 4.94. The average Bonchev–Trinajstić information content (AvgIpc) is 2.73. The molecule has 0 bridgehead atoms. The molecule has 7 heteroatoms. The second-order valence-corrected chi connectivity index (χ2v) is 10.4. The highest BCUT2D eigenvalue weighted by atomic mass is 32.2. The number of anilines is 1. The first-order valence-electron chi connectivity index (χ1n) is 11.0. The standard InChI is InChI=1S/C22H31N5OS/c1-15-18-20(25-21(23-15)27-9-11-28-12-10-27)29-19-16(24-18)13-22(2,3)14-17(19)26-7-5-4-6-8-26/h4-14H2,1-3H3. The van der Waals surface area contributed by atoms with Crippen LogP contribution in [-0.2, 0) is 4.74 Å². The Kier molecular flexibility index (Phi) is 5.06. The van der Waals surface area contributed by atoms with Crippen molar-refractivity contribution < 1.29 is 4.74 Å². The van der Waals surface area contributed by atoms with E-state index in [0.29, 0.717) is 0 Å². The van der Waals surface area contributed by atoms with E-state index >= 15 is 0 Å². The van der Waals surface area contributed by atoms with E-state index in [9.17, 15) is 0 Å². The number of aryl methyl sites for hydroxylation is 1. The lowest BCUT2D eigenvalue weighted by Gasteiger charge is -2.41. The van der Waals surface area contributed by atoms with Crippen molar-refractivity contribution in [2.45, 2.75) is 57.9 Å². The number of aliphatic imine (C=N–C) groups is 1. The highest BCUT2D eigenvalue weighted by Gasteiger charge is 2.37. The van der Waals surface area contributed by atoms with Gasteiger partial charge in [0.05, 0.1) is 29.5 Å². The summed E-state index contributed by atoms with van der Waals surface area (Å²) in [7, 11) is 0. The predicted octanol–water partition coefficient (Wildman–Crippen LogP) is 4.32. The van der Waals surface area contributed by atoms with E-state index in [0.717, 1.165) is 61.5 Å². The molecular weight excluding hydrogens is 382 g/mol. The van der Waals surface area contributed by atoms with Gasteiger partial charge in [0.1, 0.15) is 10.7 Å². The summed E-state index contributed by atoms with van der Waals surface area (Å²) in [5.74, 6) is 0.826. The van der Waals surface area contributed by atoms with Gasteiger partial charge in [0, 0.05) is 31.9 Å². The van der Waals surface area contributed by atoms with E-state index in [4.69, 9.17) is 19.7 Å². The van der Waals surface area contributed by atoms with Gasteiger partial charge in [0.25, 0.3) is 0 Å². The summed E-state index contributed by atoms with van der Waals surface area (Å²) in [5, 5.41) is 1.02. The Hall–Kier alpha value is -1.60. The third-order valence-corrected chi connectivity index (χ3v) is 7.46. The van der Waals surface area contributed by atoms with Crippen LogP contribution in [0.3, 0.4) is 0 Å². The summed E-state index contributed by atoms with van der Waals surface area (Å²) < 4.78 is 5.50. The molecule has 1 aromatic rings. The molecule has 0 atom stereocenters. The van der Waals surface area contributed by atoms with E-state index < -0.39 is 0 Å². The number of piperidine rings is 1. The fourth-order valence-corrected chi connectivity index (χ4v) is 5.95. The minimum atomic E-state index is 0.246. The second-order valence-electron chi connectivity index (χ2n) is 9.36. The van der Waals surface area contributed by atoms with Crippen LogP contribution >= 0.6 is 11.8 Å². The lowest BCUT2D eigenvalue weighted by atomic mass is 9.77. The van der Waals surface area contributed by atoms with Crippen LogP contribution in [0.4, 0.5) is 11.6 Å². The molecule has 0 aromatic carbocycles. The molecule has 2 fully saturated rings. The molecule has 0 N–H and O–H groups in total. The predicted molar refractivity (Wildman–Crippen MR) is 118 cm³/mol. The number of nitrogens with zero attached hydrogens (tertiary/aromatic N) is 5. The third kappa shape index (κ3) is 3.79. The zero-order chi connectivity index (χ0) is 20.0. The Bertz CT molecular complexity index is 866. The van der Waals surface area contributed by atoms with Gasteiger partial charge in [-0.2, -0.15) is 0 Å². The summed E-state index contributed by atoms with van der Waals surface area (Å²) >= 11 is 1.83. The number of likely N-dealkylation sites (tertiary alicyclic amines) is 1. The molecule has 4 heterocycles. The van der Waals surface area contributed by atoms with Crippen molar-refractivity contribution in [2.75, 3.05) is 44.3 Å². The van der Waals surface area contributed by atoms with Crippen LogP contribution in [0.25, 0.3) is 0 Å². The highest BCUT2D eigenvalue weighted by molar-refractivity contribution is 8.04. The number of hydrogen-bond donors (Lipinski definition) is 0. The number of thioether (sulfide) groups is 1. The van der Waals surface area contributed by atoms with Crippen molar-refractivity contribution in [3.63, 3.8) is 0 Å². The van der Waals surface area contributed by atoms with E-state index in [-0.39, 0.29) is 5.41 Å². The normalized spacial score (nSPS) is 24.2. The fraction of sp³-hybridized carbons (Fsp3) is 0.682. The Morgan fingerprint density at radius 2 is 1.69 bits per heavy atom. The minimum Gasteiger partial charge on any atom is -0.378 e. The molecule has 0 amide bonds. The fourth-order valence-electron chi connectivity index (χ4n) is 4.79. The van der Waals surface area contributed by atoms with Gasteiger partial charge in [0.2, 0.25) is 5.95 Å². The molecule has 6 nitrogen and oxygen atoms in total. The van der Waals surface area contributed by atoms with Crippen molar-refractivity contribution in [2.24, 2.45) is 10.4 Å². The van der Waals surface area contributed by atoms with Gasteiger partial charge in [-0.15, -0.1) is 0 Å². The van der Waals surface area contributed by atoms with Crippen molar-refractivity contribution in [3.8, 4) is 0 Å². The minimum absolute atomic E-state index is 0.246. The molecule has 0 radical (unpaired) electrons. The van der Waals surface area contributed by atoms with Crippen molar-refractivity contribution in [3.05, 3.63) is 16.3 Å². The molecule has 1 aliphatic carbocycles. The van der Waals surface area contributed by atoms with Crippen molar-refractivity contribution >= 4 is 29.1 Å². The lowest BCUT2D eigenvalue weighted by Crippen LogP contribution is -2.38. The molecule has 0 unspecified atom stereocenters. The lowest BCUT2D eigenvalue weighted by molar-refractivity contribution is 0.122. The Morgan fingerprint density at radius 3 is 2.45 bits per heavy atom. The summed E-state index contributed by atoms with van der Waals surface area (Å²) in [6.45, 7) is 12.4. The zero-order valence-corrected chi connectivity index (χ0v) is 18.6. The van der Waals surface area contributed by atoms with Crippen LogP contribution in [0.15, 0.2) is 20.6 Å². The molecule has 4 aliphatic rings. The van der Waals surface area contributed by atoms with Gasteiger partial charge in [0.15, 0.2) is 0 Å². The molecule has 29 heavy (non-hydrogen) atoms. The molecular formula is C22H31N5OS. The first-order valence-corrected chi connectivity index (χ1v) is 11.8. The molecule has 5 rings (SSSR count). The van der Waals surface area contributed by atoms with Crippen LogP contribution in [0.1, 0.15) is 51.6 Å². The number of rotatable bonds is 2. The molecule has 1 aromatic heterocycles. The number of aromatic nitrogens is 2. The van der Waals surface area contributed by atoms with Gasteiger partial charge < -0.3 is 14.5 Å². The quantitative estimate of drug-likeness (QED) is 0.673. The molecule has 3 aliphatic heterocycles. The highest BCUT2D eigenvalue weighted by Crippen LogP contribution is 2.50. The Labute approximate surface area is 177 Å². The van der Waals surface area contributed by atoms with E-state index in [2.05, 4.69) is 30.6 Å². The maximum absolute atomic E-state index is 5.50. The maximum atomic E-state index is 5.50. The van der Waals surface area contributed by atoms with Gasteiger partial charge in [-0.05, 0) is 44.4 Å². The third-order valence-electron chi connectivity index (χ3n) is 6.31. The van der Waals surface area contributed by atoms with Gasteiger partial charge in [-0.1, -0.05) is 25.6 Å². The topological polar surface area (TPSA) is 53.9 Å². The molecule has 2 saturated heterocycles. The summed E-state index contributed by atoms with van der Waals surface area (Å²) in [4.78, 5) is 21.1.